The molecule has 0 unspecified atom stereocenters. The summed E-state index contributed by atoms with van der Waals surface area (Å²) in [7, 11) is 3.17. The van der Waals surface area contributed by atoms with Crippen molar-refractivity contribution >= 4 is 17.8 Å². The predicted octanol–water partition coefficient (Wildman–Crippen LogP) is 2.14. The fourth-order valence-corrected chi connectivity index (χ4v) is 4.21. The number of fused-ring (bicyclic) bond motifs is 1. The van der Waals surface area contributed by atoms with Crippen molar-refractivity contribution in [2.24, 2.45) is 0 Å². The summed E-state index contributed by atoms with van der Waals surface area (Å²) in [6, 6.07) is 12.3. The summed E-state index contributed by atoms with van der Waals surface area (Å²) < 4.78 is 10.7. The number of carbonyl (C=O) groups is 3. The lowest BCUT2D eigenvalue weighted by Gasteiger charge is -2.30. The average molecular weight is 437 g/mol. The van der Waals surface area contributed by atoms with Gasteiger partial charge in [0.15, 0.2) is 11.5 Å². The summed E-state index contributed by atoms with van der Waals surface area (Å²) in [5.41, 5.74) is 3.16. The number of ether oxygens (including phenoxy) is 2. The first kappa shape index (κ1) is 21.7. The van der Waals surface area contributed by atoms with E-state index in [1.165, 1.54) is 4.90 Å². The Morgan fingerprint density at radius 3 is 2.44 bits per heavy atom. The topological polar surface area (TPSA) is 88.2 Å². The summed E-state index contributed by atoms with van der Waals surface area (Å²) in [6.45, 7) is 1.27. The fourth-order valence-electron chi connectivity index (χ4n) is 4.21. The van der Waals surface area contributed by atoms with Crippen LogP contribution < -0.4 is 14.8 Å². The van der Waals surface area contributed by atoms with Gasteiger partial charge in [-0.2, -0.15) is 0 Å². The molecule has 0 saturated carbocycles. The standard InChI is InChI=1S/C24H27N3O5/c1-31-20-12-17-9-10-26(15-18(17)13-21(20)32-2)22(28)14-19-23(29)27(24(30)25-19)11-8-16-6-4-3-5-7-16/h3-7,12-13,19H,8-11,14-15H2,1-2H3,(H,25,30)/t19-/m1/s1. The molecule has 8 heteroatoms. The second-order valence-corrected chi connectivity index (χ2v) is 7.97. The number of rotatable bonds is 7. The van der Waals surface area contributed by atoms with Gasteiger partial charge in [-0.3, -0.25) is 14.5 Å². The van der Waals surface area contributed by atoms with Crippen LogP contribution in [-0.2, 0) is 29.0 Å². The van der Waals surface area contributed by atoms with Crippen LogP contribution >= 0.6 is 0 Å². The van der Waals surface area contributed by atoms with E-state index >= 15 is 0 Å². The molecule has 0 radical (unpaired) electrons. The van der Waals surface area contributed by atoms with Crippen LogP contribution in [0.5, 0.6) is 11.5 Å². The number of amides is 4. The first-order chi connectivity index (χ1) is 15.5. The number of nitrogens with one attached hydrogen (secondary N) is 1. The minimum absolute atomic E-state index is 0.0466. The van der Waals surface area contributed by atoms with Crippen molar-refractivity contribution in [1.82, 2.24) is 15.1 Å². The molecule has 0 spiro atoms. The number of methoxy groups -OCH3 is 2. The summed E-state index contributed by atoms with van der Waals surface area (Å²) in [6.07, 6.45) is 1.22. The van der Waals surface area contributed by atoms with Crippen molar-refractivity contribution in [3.63, 3.8) is 0 Å². The Morgan fingerprint density at radius 1 is 1.06 bits per heavy atom. The van der Waals surface area contributed by atoms with Crippen molar-refractivity contribution in [1.29, 1.82) is 0 Å². The molecule has 2 heterocycles. The first-order valence-electron chi connectivity index (χ1n) is 10.7. The van der Waals surface area contributed by atoms with Gasteiger partial charge in [0.1, 0.15) is 6.04 Å². The molecule has 0 aromatic heterocycles. The second kappa shape index (κ2) is 9.30. The summed E-state index contributed by atoms with van der Waals surface area (Å²) in [5, 5.41) is 2.67. The Kier molecular flexibility index (Phi) is 6.30. The summed E-state index contributed by atoms with van der Waals surface area (Å²) in [4.78, 5) is 40.9. The maximum atomic E-state index is 12.9. The SMILES string of the molecule is COc1cc2c(cc1OC)CN(C(=O)C[C@H]1NC(=O)N(CCc3ccccc3)C1=O)CC2. The molecule has 0 aliphatic carbocycles. The van der Waals surface area contributed by atoms with Gasteiger partial charge in [0.25, 0.3) is 5.91 Å². The van der Waals surface area contributed by atoms with Crippen molar-refractivity contribution in [3.8, 4) is 11.5 Å². The Bertz CT molecular complexity index is 1020. The maximum absolute atomic E-state index is 12.9. The molecule has 1 fully saturated rings. The molecule has 4 amide bonds. The summed E-state index contributed by atoms with van der Waals surface area (Å²) in [5.74, 6) is 0.783. The zero-order valence-corrected chi connectivity index (χ0v) is 18.3. The largest absolute Gasteiger partial charge is 0.493 e. The van der Waals surface area contributed by atoms with Crippen LogP contribution in [0.15, 0.2) is 42.5 Å². The number of nitrogens with zero attached hydrogens (tertiary/aromatic N) is 2. The van der Waals surface area contributed by atoms with Crippen molar-refractivity contribution < 1.29 is 23.9 Å². The fraction of sp³-hybridized carbons (Fsp3) is 0.375. The van der Waals surface area contributed by atoms with Gasteiger partial charge in [-0.15, -0.1) is 0 Å². The van der Waals surface area contributed by atoms with Gasteiger partial charge in [-0.1, -0.05) is 30.3 Å². The predicted molar refractivity (Wildman–Crippen MR) is 117 cm³/mol. The van der Waals surface area contributed by atoms with Crippen LogP contribution in [0, 0.1) is 0 Å². The zero-order valence-electron chi connectivity index (χ0n) is 18.3. The molecule has 2 aliphatic heterocycles. The maximum Gasteiger partial charge on any atom is 0.324 e. The van der Waals surface area contributed by atoms with E-state index in [-0.39, 0.29) is 24.8 Å². The lowest BCUT2D eigenvalue weighted by molar-refractivity contribution is -0.136. The number of urea groups is 1. The molecule has 32 heavy (non-hydrogen) atoms. The summed E-state index contributed by atoms with van der Waals surface area (Å²) >= 11 is 0. The minimum atomic E-state index is -0.822. The third kappa shape index (κ3) is 4.39. The lowest BCUT2D eigenvalue weighted by Crippen LogP contribution is -2.41. The highest BCUT2D eigenvalue weighted by Gasteiger charge is 2.39. The molecule has 2 aliphatic rings. The van der Waals surface area contributed by atoms with Gasteiger partial charge in [-0.25, -0.2) is 4.79 Å². The van der Waals surface area contributed by atoms with Crippen LogP contribution in [0.4, 0.5) is 4.79 Å². The molecule has 1 N–H and O–H groups in total. The number of imide groups is 1. The van der Waals surface area contributed by atoms with E-state index in [9.17, 15) is 14.4 Å². The van der Waals surface area contributed by atoms with Crippen LogP contribution in [0.2, 0.25) is 0 Å². The Hall–Kier alpha value is -3.55. The van der Waals surface area contributed by atoms with E-state index in [0.29, 0.717) is 37.4 Å². The Balaban J connectivity index is 1.37. The normalized spacial score (nSPS) is 17.8. The molecule has 4 rings (SSSR count). The average Bonchev–Trinajstić information content (AvgIpc) is 3.08. The monoisotopic (exact) mass is 437 g/mol. The van der Waals surface area contributed by atoms with E-state index in [4.69, 9.17) is 9.47 Å². The molecule has 1 atom stereocenters. The molecule has 2 aromatic carbocycles. The van der Waals surface area contributed by atoms with Crippen molar-refractivity contribution in [2.45, 2.75) is 31.8 Å². The van der Waals surface area contributed by atoms with E-state index in [1.54, 1.807) is 19.1 Å². The molecule has 8 nitrogen and oxygen atoms in total. The van der Waals surface area contributed by atoms with Crippen molar-refractivity contribution in [2.75, 3.05) is 27.3 Å². The van der Waals surface area contributed by atoms with E-state index in [2.05, 4.69) is 5.32 Å². The van der Waals surface area contributed by atoms with Crippen LogP contribution in [0.1, 0.15) is 23.1 Å². The molecule has 2 aromatic rings. The number of hydrogen-bond acceptors (Lipinski definition) is 5. The third-order valence-electron chi connectivity index (χ3n) is 6.02. The molecule has 168 valence electrons. The van der Waals surface area contributed by atoms with Gasteiger partial charge >= 0.3 is 6.03 Å². The van der Waals surface area contributed by atoms with Gasteiger partial charge < -0.3 is 19.7 Å². The molecule has 0 bridgehead atoms. The van der Waals surface area contributed by atoms with Gasteiger partial charge in [0, 0.05) is 19.6 Å². The highest BCUT2D eigenvalue weighted by molar-refractivity contribution is 6.05. The third-order valence-corrected chi connectivity index (χ3v) is 6.02. The van der Waals surface area contributed by atoms with Crippen molar-refractivity contribution in [3.05, 3.63) is 59.2 Å². The van der Waals surface area contributed by atoms with E-state index in [0.717, 1.165) is 16.7 Å². The molecular formula is C24H27N3O5. The van der Waals surface area contributed by atoms with Gasteiger partial charge in [0.05, 0.1) is 20.6 Å². The molecular weight excluding hydrogens is 410 g/mol. The van der Waals surface area contributed by atoms with Crippen LogP contribution in [0.25, 0.3) is 0 Å². The number of carbonyl (C=O) groups excluding carboxylic acids is 3. The van der Waals surface area contributed by atoms with E-state index in [1.807, 2.05) is 42.5 Å². The smallest absolute Gasteiger partial charge is 0.324 e. The Morgan fingerprint density at radius 2 is 1.75 bits per heavy atom. The highest BCUT2D eigenvalue weighted by atomic mass is 16.5. The lowest BCUT2D eigenvalue weighted by atomic mass is 9.98. The zero-order chi connectivity index (χ0) is 22.7. The highest BCUT2D eigenvalue weighted by Crippen LogP contribution is 2.33. The quantitative estimate of drug-likeness (QED) is 0.671. The van der Waals surface area contributed by atoms with Gasteiger partial charge in [-0.05, 0) is 41.7 Å². The van der Waals surface area contributed by atoms with Crippen LogP contribution in [0.3, 0.4) is 0 Å². The second-order valence-electron chi connectivity index (χ2n) is 7.97. The van der Waals surface area contributed by atoms with E-state index < -0.39 is 12.1 Å². The molecule has 1 saturated heterocycles. The van der Waals surface area contributed by atoms with Gasteiger partial charge in [0.2, 0.25) is 5.91 Å². The number of hydrogen-bond donors (Lipinski definition) is 1. The Labute approximate surface area is 187 Å². The minimum Gasteiger partial charge on any atom is -0.493 e. The first-order valence-corrected chi connectivity index (χ1v) is 10.7. The number of benzene rings is 2. The van der Waals surface area contributed by atoms with Crippen LogP contribution in [-0.4, -0.2) is 61.0 Å².